The lowest BCUT2D eigenvalue weighted by Crippen LogP contribution is -2.51. The second-order valence-corrected chi connectivity index (χ2v) is 3.68. The summed E-state index contributed by atoms with van der Waals surface area (Å²) in [5.74, 6) is -0.595. The molecule has 0 aromatic heterocycles. The third-order valence-corrected chi connectivity index (χ3v) is 1.75. The lowest BCUT2D eigenvalue weighted by atomic mass is 10.2. The Morgan fingerprint density at radius 2 is 1.57 bits per heavy atom. The van der Waals surface area contributed by atoms with Gasteiger partial charge in [0.15, 0.2) is 0 Å². The van der Waals surface area contributed by atoms with E-state index in [0.29, 0.717) is 0 Å². The van der Waals surface area contributed by atoms with Gasteiger partial charge in [0, 0.05) is 6.04 Å². The molecule has 0 rings (SSSR count). The zero-order valence-corrected chi connectivity index (χ0v) is 9.13. The lowest BCUT2D eigenvalue weighted by Gasteiger charge is -2.18. The van der Waals surface area contributed by atoms with Crippen LogP contribution in [0.25, 0.3) is 0 Å². The van der Waals surface area contributed by atoms with E-state index < -0.39 is 18.0 Å². The quantitative estimate of drug-likeness (QED) is 0.553. The summed E-state index contributed by atoms with van der Waals surface area (Å²) in [7, 11) is 0. The molecule has 0 saturated heterocycles. The first-order chi connectivity index (χ1) is 6.34. The van der Waals surface area contributed by atoms with Crippen molar-refractivity contribution < 1.29 is 9.59 Å². The van der Waals surface area contributed by atoms with E-state index >= 15 is 0 Å². The Morgan fingerprint density at radius 1 is 1.07 bits per heavy atom. The largest absolute Gasteiger partial charge is 0.368 e. The van der Waals surface area contributed by atoms with Gasteiger partial charge in [-0.25, -0.2) is 0 Å². The second-order valence-electron chi connectivity index (χ2n) is 3.68. The molecule has 2 amide bonds. The van der Waals surface area contributed by atoms with E-state index in [1.165, 1.54) is 0 Å². The van der Waals surface area contributed by atoms with Crippen molar-refractivity contribution in [3.63, 3.8) is 0 Å². The van der Waals surface area contributed by atoms with E-state index in [-0.39, 0.29) is 11.9 Å². The van der Waals surface area contributed by atoms with Gasteiger partial charge in [-0.3, -0.25) is 14.9 Å². The number of amides is 2. The molecule has 5 heteroatoms. The highest BCUT2D eigenvalue weighted by atomic mass is 16.2. The number of hydrogen-bond acceptors (Lipinski definition) is 3. The molecule has 2 unspecified atom stereocenters. The van der Waals surface area contributed by atoms with E-state index in [2.05, 4.69) is 10.6 Å². The van der Waals surface area contributed by atoms with Crippen LogP contribution in [0, 0.1) is 0 Å². The summed E-state index contributed by atoms with van der Waals surface area (Å²) in [4.78, 5) is 22.1. The number of primary amides is 1. The Balaban J connectivity index is 4.01. The van der Waals surface area contributed by atoms with Gasteiger partial charge in [-0.05, 0) is 27.7 Å². The highest BCUT2D eigenvalue weighted by Gasteiger charge is 2.17. The standard InChI is InChI=1S/C9H19N3O2/c1-5(2)11-9(14)7(4)12-6(3)8(10)13/h5-7,12H,1-4H3,(H2,10,13)(H,11,14). The maximum atomic E-state index is 11.4. The van der Waals surface area contributed by atoms with Gasteiger partial charge in [0.1, 0.15) is 0 Å². The van der Waals surface area contributed by atoms with Gasteiger partial charge in [0.05, 0.1) is 12.1 Å². The average Bonchev–Trinajstić information content (AvgIpc) is 2.02. The zero-order valence-electron chi connectivity index (χ0n) is 9.13. The van der Waals surface area contributed by atoms with Crippen LogP contribution in [0.3, 0.4) is 0 Å². The summed E-state index contributed by atoms with van der Waals surface area (Å²) in [5, 5.41) is 5.53. The van der Waals surface area contributed by atoms with E-state index in [1.807, 2.05) is 13.8 Å². The SMILES string of the molecule is CC(C)NC(=O)C(C)NC(C)C(N)=O. The molecule has 0 aromatic carbocycles. The first-order valence-electron chi connectivity index (χ1n) is 4.70. The lowest BCUT2D eigenvalue weighted by molar-refractivity contribution is -0.124. The van der Waals surface area contributed by atoms with Crippen LogP contribution < -0.4 is 16.4 Å². The monoisotopic (exact) mass is 201 g/mol. The van der Waals surface area contributed by atoms with Crippen molar-refractivity contribution in [2.75, 3.05) is 0 Å². The van der Waals surface area contributed by atoms with Gasteiger partial charge < -0.3 is 11.1 Å². The van der Waals surface area contributed by atoms with Crippen molar-refractivity contribution >= 4 is 11.8 Å². The maximum Gasteiger partial charge on any atom is 0.237 e. The zero-order chi connectivity index (χ0) is 11.3. The van der Waals surface area contributed by atoms with Crippen LogP contribution in [0.4, 0.5) is 0 Å². The Hall–Kier alpha value is -1.10. The molecule has 0 aliphatic heterocycles. The molecule has 0 radical (unpaired) electrons. The van der Waals surface area contributed by atoms with Crippen molar-refractivity contribution in [3.05, 3.63) is 0 Å². The third-order valence-electron chi connectivity index (χ3n) is 1.75. The van der Waals surface area contributed by atoms with E-state index in [9.17, 15) is 9.59 Å². The van der Waals surface area contributed by atoms with Crippen molar-refractivity contribution in [2.24, 2.45) is 5.73 Å². The van der Waals surface area contributed by atoms with Gasteiger partial charge in [-0.15, -0.1) is 0 Å². The topological polar surface area (TPSA) is 84.2 Å². The summed E-state index contributed by atoms with van der Waals surface area (Å²) in [6.45, 7) is 7.07. The van der Waals surface area contributed by atoms with Crippen LogP contribution in [0.5, 0.6) is 0 Å². The van der Waals surface area contributed by atoms with Gasteiger partial charge in [-0.2, -0.15) is 0 Å². The summed E-state index contributed by atoms with van der Waals surface area (Å²) >= 11 is 0. The molecule has 0 aliphatic rings. The molecule has 0 fully saturated rings. The maximum absolute atomic E-state index is 11.4. The Kier molecular flexibility index (Phi) is 5.15. The fourth-order valence-corrected chi connectivity index (χ4v) is 0.942. The van der Waals surface area contributed by atoms with Crippen LogP contribution in [-0.2, 0) is 9.59 Å². The molecule has 0 bridgehead atoms. The molecule has 2 atom stereocenters. The second kappa shape index (κ2) is 5.59. The minimum Gasteiger partial charge on any atom is -0.368 e. The van der Waals surface area contributed by atoms with Crippen LogP contribution in [0.1, 0.15) is 27.7 Å². The number of nitrogens with two attached hydrogens (primary N) is 1. The van der Waals surface area contributed by atoms with Crippen molar-refractivity contribution in [3.8, 4) is 0 Å². The molecule has 0 spiro atoms. The normalized spacial score (nSPS) is 14.9. The predicted octanol–water partition coefficient (Wildman–Crippen LogP) is -0.637. The number of nitrogens with one attached hydrogen (secondary N) is 2. The minimum absolute atomic E-state index is 0.0932. The molecule has 82 valence electrons. The molecule has 0 aliphatic carbocycles. The van der Waals surface area contributed by atoms with Crippen LogP contribution in [0.15, 0.2) is 0 Å². The molecule has 0 aromatic rings. The van der Waals surface area contributed by atoms with E-state index in [0.717, 1.165) is 0 Å². The first-order valence-corrected chi connectivity index (χ1v) is 4.70. The highest BCUT2D eigenvalue weighted by molar-refractivity contribution is 5.84. The fourth-order valence-electron chi connectivity index (χ4n) is 0.942. The minimum atomic E-state index is -0.497. The number of rotatable bonds is 5. The van der Waals surface area contributed by atoms with Gasteiger partial charge >= 0.3 is 0 Å². The van der Waals surface area contributed by atoms with Crippen LogP contribution in [0.2, 0.25) is 0 Å². The number of hydrogen-bond donors (Lipinski definition) is 3. The van der Waals surface area contributed by atoms with Crippen molar-refractivity contribution in [1.82, 2.24) is 10.6 Å². The Bertz CT molecular complexity index is 216. The molecule has 0 saturated carbocycles. The van der Waals surface area contributed by atoms with Gasteiger partial charge in [-0.1, -0.05) is 0 Å². The summed E-state index contributed by atoms with van der Waals surface area (Å²) in [6.07, 6.45) is 0. The number of carbonyl (C=O) groups excluding carboxylic acids is 2. The Labute approximate surface area is 84.4 Å². The number of carbonyl (C=O) groups is 2. The first kappa shape index (κ1) is 12.9. The van der Waals surface area contributed by atoms with Crippen molar-refractivity contribution in [1.29, 1.82) is 0 Å². The predicted molar refractivity (Wildman–Crippen MR) is 54.5 cm³/mol. The summed E-state index contributed by atoms with van der Waals surface area (Å²) in [5.41, 5.74) is 5.05. The van der Waals surface area contributed by atoms with E-state index in [1.54, 1.807) is 13.8 Å². The smallest absolute Gasteiger partial charge is 0.237 e. The molecule has 14 heavy (non-hydrogen) atoms. The molecule has 0 heterocycles. The summed E-state index contributed by atoms with van der Waals surface area (Å²) in [6, 6.07) is -0.821. The molecular formula is C9H19N3O2. The highest BCUT2D eigenvalue weighted by Crippen LogP contribution is 1.88. The molecule has 5 nitrogen and oxygen atoms in total. The van der Waals surface area contributed by atoms with Gasteiger partial charge in [0.25, 0.3) is 0 Å². The van der Waals surface area contributed by atoms with E-state index in [4.69, 9.17) is 5.73 Å². The third kappa shape index (κ3) is 4.81. The van der Waals surface area contributed by atoms with Crippen molar-refractivity contribution in [2.45, 2.75) is 45.8 Å². The van der Waals surface area contributed by atoms with Gasteiger partial charge in [0.2, 0.25) is 11.8 Å². The molecule has 4 N–H and O–H groups in total. The summed E-state index contributed by atoms with van der Waals surface area (Å²) < 4.78 is 0. The van der Waals surface area contributed by atoms with Crippen LogP contribution >= 0.6 is 0 Å². The Morgan fingerprint density at radius 3 is 1.93 bits per heavy atom. The van der Waals surface area contributed by atoms with Crippen LogP contribution in [-0.4, -0.2) is 29.9 Å². The average molecular weight is 201 g/mol. The fraction of sp³-hybridized carbons (Fsp3) is 0.778. The molecular weight excluding hydrogens is 182 g/mol.